The maximum absolute atomic E-state index is 5.70. The number of hydrogen-bond acceptors (Lipinski definition) is 1. The highest BCUT2D eigenvalue weighted by Crippen LogP contribution is 2.26. The summed E-state index contributed by atoms with van der Waals surface area (Å²) in [4.78, 5) is 0. The molecule has 0 heterocycles. The van der Waals surface area contributed by atoms with E-state index in [0.29, 0.717) is 6.61 Å². The quantitative estimate of drug-likeness (QED) is 0.696. The Hall–Kier alpha value is -1.76. The lowest BCUT2D eigenvalue weighted by atomic mass is 10.0. The topological polar surface area (TPSA) is 9.23 Å². The second-order valence-electron chi connectivity index (χ2n) is 3.79. The number of benzene rings is 2. The molecule has 0 saturated heterocycles. The first-order chi connectivity index (χ1) is 7.83. The summed E-state index contributed by atoms with van der Waals surface area (Å²) in [6, 6.07) is 12.5. The molecule has 0 unspecified atom stereocenters. The van der Waals surface area contributed by atoms with Crippen molar-refractivity contribution in [2.45, 2.75) is 13.8 Å². The fourth-order valence-electron chi connectivity index (χ4n) is 1.80. The molecular formula is C15H16O. The van der Waals surface area contributed by atoms with Gasteiger partial charge < -0.3 is 4.74 Å². The van der Waals surface area contributed by atoms with Crippen molar-refractivity contribution < 1.29 is 4.74 Å². The molecule has 0 aliphatic heterocycles. The summed E-state index contributed by atoms with van der Waals surface area (Å²) in [5.74, 6) is 0.969. The summed E-state index contributed by atoms with van der Waals surface area (Å²) >= 11 is 0. The predicted molar refractivity (Wildman–Crippen MR) is 69.0 cm³/mol. The molecule has 0 spiro atoms. The van der Waals surface area contributed by atoms with E-state index in [1.165, 1.54) is 16.3 Å². The average Bonchev–Trinajstić information content (AvgIpc) is 2.33. The van der Waals surface area contributed by atoms with E-state index < -0.39 is 0 Å². The Labute approximate surface area is 96.4 Å². The molecule has 2 rings (SSSR count). The van der Waals surface area contributed by atoms with Gasteiger partial charge in [0.2, 0.25) is 0 Å². The second kappa shape index (κ2) is 4.84. The zero-order chi connectivity index (χ0) is 11.4. The van der Waals surface area contributed by atoms with E-state index in [9.17, 15) is 0 Å². The SMILES string of the molecule is CC=CCOc1ccc2ccccc2c1C. The maximum atomic E-state index is 5.70. The molecule has 0 fully saturated rings. The minimum absolute atomic E-state index is 0.635. The average molecular weight is 212 g/mol. The highest BCUT2D eigenvalue weighted by molar-refractivity contribution is 5.87. The van der Waals surface area contributed by atoms with Crippen molar-refractivity contribution in [3.05, 3.63) is 54.1 Å². The Kier molecular flexibility index (Phi) is 3.25. The van der Waals surface area contributed by atoms with E-state index in [-0.39, 0.29) is 0 Å². The second-order valence-corrected chi connectivity index (χ2v) is 3.79. The molecule has 1 nitrogen and oxygen atoms in total. The highest BCUT2D eigenvalue weighted by Gasteiger charge is 2.02. The number of hydrogen-bond donors (Lipinski definition) is 0. The van der Waals surface area contributed by atoms with E-state index in [1.807, 2.05) is 25.1 Å². The molecule has 0 N–H and O–H groups in total. The van der Waals surface area contributed by atoms with Crippen LogP contribution in [0.5, 0.6) is 5.75 Å². The van der Waals surface area contributed by atoms with Gasteiger partial charge in [0.1, 0.15) is 12.4 Å². The molecule has 0 aromatic heterocycles. The lowest BCUT2D eigenvalue weighted by Crippen LogP contribution is -1.95. The third-order valence-corrected chi connectivity index (χ3v) is 2.72. The van der Waals surface area contributed by atoms with Crippen molar-refractivity contribution in [1.82, 2.24) is 0 Å². The van der Waals surface area contributed by atoms with Gasteiger partial charge in [0, 0.05) is 0 Å². The highest BCUT2D eigenvalue weighted by atomic mass is 16.5. The lowest BCUT2D eigenvalue weighted by Gasteiger charge is -2.09. The molecule has 0 aliphatic carbocycles. The van der Waals surface area contributed by atoms with Crippen molar-refractivity contribution in [2.75, 3.05) is 6.61 Å². The summed E-state index contributed by atoms with van der Waals surface area (Å²) in [5.41, 5.74) is 1.21. The van der Waals surface area contributed by atoms with Crippen molar-refractivity contribution in [2.24, 2.45) is 0 Å². The van der Waals surface area contributed by atoms with Crippen LogP contribution in [-0.2, 0) is 0 Å². The Morgan fingerprint density at radius 1 is 1.12 bits per heavy atom. The normalized spacial score (nSPS) is 11.1. The van der Waals surface area contributed by atoms with Crippen LogP contribution in [0.15, 0.2) is 48.6 Å². The fraction of sp³-hybridized carbons (Fsp3) is 0.200. The van der Waals surface area contributed by atoms with Crippen LogP contribution in [0, 0.1) is 6.92 Å². The van der Waals surface area contributed by atoms with Gasteiger partial charge in [-0.2, -0.15) is 0 Å². The van der Waals surface area contributed by atoms with Crippen LogP contribution in [0.1, 0.15) is 12.5 Å². The summed E-state index contributed by atoms with van der Waals surface area (Å²) in [6.45, 7) is 4.74. The molecule has 2 aromatic carbocycles. The fourth-order valence-corrected chi connectivity index (χ4v) is 1.80. The molecule has 0 atom stereocenters. The molecule has 1 heteroatoms. The zero-order valence-electron chi connectivity index (χ0n) is 9.73. The van der Waals surface area contributed by atoms with Gasteiger partial charge in [-0.3, -0.25) is 0 Å². The van der Waals surface area contributed by atoms with Gasteiger partial charge in [0.15, 0.2) is 0 Å². The van der Waals surface area contributed by atoms with Crippen LogP contribution in [0.25, 0.3) is 10.8 Å². The van der Waals surface area contributed by atoms with Gasteiger partial charge in [-0.05, 0) is 36.2 Å². The third-order valence-electron chi connectivity index (χ3n) is 2.72. The van der Waals surface area contributed by atoms with Crippen molar-refractivity contribution in [3.8, 4) is 5.75 Å². The first-order valence-electron chi connectivity index (χ1n) is 5.55. The Morgan fingerprint density at radius 3 is 2.75 bits per heavy atom. The first-order valence-corrected chi connectivity index (χ1v) is 5.55. The zero-order valence-corrected chi connectivity index (χ0v) is 9.73. The Bertz CT molecular complexity index is 512. The third kappa shape index (κ3) is 2.08. The lowest BCUT2D eigenvalue weighted by molar-refractivity contribution is 0.361. The Balaban J connectivity index is 2.36. The van der Waals surface area contributed by atoms with Crippen LogP contribution in [-0.4, -0.2) is 6.61 Å². The smallest absolute Gasteiger partial charge is 0.123 e. The van der Waals surface area contributed by atoms with E-state index >= 15 is 0 Å². The molecule has 0 radical (unpaired) electrons. The minimum atomic E-state index is 0.635. The van der Waals surface area contributed by atoms with Crippen molar-refractivity contribution in [1.29, 1.82) is 0 Å². The van der Waals surface area contributed by atoms with Crippen LogP contribution >= 0.6 is 0 Å². The molecular weight excluding hydrogens is 196 g/mol. The van der Waals surface area contributed by atoms with Crippen molar-refractivity contribution >= 4 is 10.8 Å². The van der Waals surface area contributed by atoms with Gasteiger partial charge in [-0.15, -0.1) is 0 Å². The predicted octanol–water partition coefficient (Wildman–Crippen LogP) is 4.10. The van der Waals surface area contributed by atoms with Crippen molar-refractivity contribution in [3.63, 3.8) is 0 Å². The van der Waals surface area contributed by atoms with Crippen LogP contribution in [0.2, 0.25) is 0 Å². The van der Waals surface area contributed by atoms with E-state index in [2.05, 4.69) is 37.3 Å². The number of allylic oxidation sites excluding steroid dienone is 1. The maximum Gasteiger partial charge on any atom is 0.123 e. The molecule has 0 bridgehead atoms. The van der Waals surface area contributed by atoms with Gasteiger partial charge in [-0.1, -0.05) is 42.5 Å². The molecule has 0 aliphatic rings. The van der Waals surface area contributed by atoms with Crippen LogP contribution < -0.4 is 4.74 Å². The monoisotopic (exact) mass is 212 g/mol. The minimum Gasteiger partial charge on any atom is -0.489 e. The van der Waals surface area contributed by atoms with Crippen LogP contribution in [0.4, 0.5) is 0 Å². The largest absolute Gasteiger partial charge is 0.489 e. The number of aryl methyl sites for hydroxylation is 1. The number of fused-ring (bicyclic) bond motifs is 1. The Morgan fingerprint density at radius 2 is 1.94 bits per heavy atom. The summed E-state index contributed by atoms with van der Waals surface area (Å²) in [7, 11) is 0. The molecule has 16 heavy (non-hydrogen) atoms. The van der Waals surface area contributed by atoms with Gasteiger partial charge in [0.25, 0.3) is 0 Å². The van der Waals surface area contributed by atoms with Gasteiger partial charge in [-0.25, -0.2) is 0 Å². The van der Waals surface area contributed by atoms with Gasteiger partial charge in [0.05, 0.1) is 0 Å². The molecule has 2 aromatic rings. The first kappa shape index (κ1) is 10.7. The van der Waals surface area contributed by atoms with E-state index in [1.54, 1.807) is 0 Å². The van der Waals surface area contributed by atoms with Crippen LogP contribution in [0.3, 0.4) is 0 Å². The number of ether oxygens (including phenoxy) is 1. The number of rotatable bonds is 3. The molecule has 0 saturated carbocycles. The van der Waals surface area contributed by atoms with E-state index in [4.69, 9.17) is 4.74 Å². The summed E-state index contributed by atoms with van der Waals surface area (Å²) < 4.78 is 5.70. The summed E-state index contributed by atoms with van der Waals surface area (Å²) in [5, 5.41) is 2.53. The van der Waals surface area contributed by atoms with Gasteiger partial charge >= 0.3 is 0 Å². The molecule has 82 valence electrons. The molecule has 0 amide bonds. The standard InChI is InChI=1S/C15H16O/c1-3-4-11-16-15-10-9-13-7-5-6-8-14(13)12(15)2/h3-10H,11H2,1-2H3. The summed E-state index contributed by atoms with van der Waals surface area (Å²) in [6.07, 6.45) is 4.00. The van der Waals surface area contributed by atoms with E-state index in [0.717, 1.165) is 5.75 Å².